The minimum Gasteiger partial charge on any atom is -0.504 e. The molecule has 0 heterocycles. The number of carbonyl (C=O) groups excluding carboxylic acids is 1. The van der Waals surface area contributed by atoms with E-state index in [1.54, 1.807) is 0 Å². The van der Waals surface area contributed by atoms with Gasteiger partial charge in [-0.25, -0.2) is 4.79 Å². The van der Waals surface area contributed by atoms with Crippen LogP contribution < -0.4 is 4.74 Å². The topological polar surface area (TPSA) is 98.9 Å². The van der Waals surface area contributed by atoms with Gasteiger partial charge in [-0.05, 0) is 23.8 Å². The van der Waals surface area contributed by atoms with Crippen LogP contribution in [-0.4, -0.2) is 29.7 Å². The number of phenolic OH excluding ortho intramolecular Hbond substituents is 1. The Hall–Kier alpha value is -3.35. The zero-order valence-corrected chi connectivity index (χ0v) is 13.5. The molecule has 7 nitrogen and oxygen atoms in total. The number of carbonyl (C=O) groups is 1. The van der Waals surface area contributed by atoms with Gasteiger partial charge in [0.2, 0.25) is 5.75 Å². The van der Waals surface area contributed by atoms with E-state index >= 15 is 0 Å². The number of hydrogen-bond donors (Lipinski definition) is 1. The van der Waals surface area contributed by atoms with E-state index in [0.29, 0.717) is 6.42 Å². The Morgan fingerprint density at radius 3 is 2.60 bits per heavy atom. The first kappa shape index (κ1) is 18.0. The van der Waals surface area contributed by atoms with Crippen LogP contribution in [0.4, 0.5) is 5.69 Å². The monoisotopic (exact) mass is 343 g/mol. The predicted octanol–water partition coefficient (Wildman–Crippen LogP) is 3.11. The van der Waals surface area contributed by atoms with E-state index in [1.165, 1.54) is 25.3 Å². The second-order valence-electron chi connectivity index (χ2n) is 5.05. The lowest BCUT2D eigenvalue weighted by Crippen LogP contribution is -2.04. The summed E-state index contributed by atoms with van der Waals surface area (Å²) in [6.45, 7) is 0.203. The number of nitro groups is 1. The van der Waals surface area contributed by atoms with E-state index in [2.05, 4.69) is 0 Å². The summed E-state index contributed by atoms with van der Waals surface area (Å²) in [5.74, 6) is -1.22. The lowest BCUT2D eigenvalue weighted by atomic mass is 10.1. The second kappa shape index (κ2) is 8.49. The molecule has 2 aromatic carbocycles. The maximum atomic E-state index is 11.7. The highest BCUT2D eigenvalue weighted by molar-refractivity contribution is 5.88. The summed E-state index contributed by atoms with van der Waals surface area (Å²) in [6, 6.07) is 12.1. The molecule has 0 amide bonds. The standard InChI is InChI=1S/C18H17NO6/c1-24-18-15(20)9-7-14(17(18)19(22)23)8-10-16(21)25-12-11-13-5-3-2-4-6-13/h2-10,20H,11-12H2,1H3/b10-8+. The fourth-order valence-electron chi connectivity index (χ4n) is 2.22. The van der Waals surface area contributed by atoms with E-state index in [-0.39, 0.29) is 23.7 Å². The molecule has 0 bridgehead atoms. The Morgan fingerprint density at radius 2 is 1.96 bits per heavy atom. The van der Waals surface area contributed by atoms with Crippen LogP contribution in [0.25, 0.3) is 6.08 Å². The molecule has 2 rings (SSSR count). The highest BCUT2D eigenvalue weighted by Crippen LogP contribution is 2.39. The van der Waals surface area contributed by atoms with Crippen molar-refractivity contribution >= 4 is 17.7 Å². The van der Waals surface area contributed by atoms with Gasteiger partial charge in [0, 0.05) is 12.5 Å². The maximum absolute atomic E-state index is 11.7. The van der Waals surface area contributed by atoms with Crippen molar-refractivity contribution in [3.05, 3.63) is 69.8 Å². The number of esters is 1. The number of benzene rings is 2. The van der Waals surface area contributed by atoms with Crippen LogP contribution in [0.2, 0.25) is 0 Å². The molecule has 0 aliphatic heterocycles. The lowest BCUT2D eigenvalue weighted by Gasteiger charge is -2.06. The molecule has 0 radical (unpaired) electrons. The molecule has 0 fully saturated rings. The van der Waals surface area contributed by atoms with Crippen molar-refractivity contribution in [2.45, 2.75) is 6.42 Å². The summed E-state index contributed by atoms with van der Waals surface area (Å²) in [7, 11) is 1.22. The molecule has 2 aromatic rings. The number of nitro benzene ring substituents is 1. The van der Waals surface area contributed by atoms with E-state index in [0.717, 1.165) is 11.6 Å². The molecule has 25 heavy (non-hydrogen) atoms. The van der Waals surface area contributed by atoms with Crippen molar-refractivity contribution in [2.24, 2.45) is 0 Å². The van der Waals surface area contributed by atoms with E-state index in [9.17, 15) is 20.0 Å². The summed E-state index contributed by atoms with van der Waals surface area (Å²) >= 11 is 0. The number of ether oxygens (including phenoxy) is 2. The molecule has 1 N–H and O–H groups in total. The summed E-state index contributed by atoms with van der Waals surface area (Å²) in [5, 5.41) is 20.8. The first-order valence-electron chi connectivity index (χ1n) is 7.46. The Bertz CT molecular complexity index is 786. The van der Waals surface area contributed by atoms with Gasteiger partial charge in [0.15, 0.2) is 5.75 Å². The molecule has 0 unspecified atom stereocenters. The van der Waals surface area contributed by atoms with Gasteiger partial charge in [-0.2, -0.15) is 0 Å². The predicted molar refractivity (Wildman–Crippen MR) is 91.5 cm³/mol. The van der Waals surface area contributed by atoms with Crippen molar-refractivity contribution < 1.29 is 24.3 Å². The fraction of sp³-hybridized carbons (Fsp3) is 0.167. The van der Waals surface area contributed by atoms with E-state index < -0.39 is 16.6 Å². The highest BCUT2D eigenvalue weighted by Gasteiger charge is 2.23. The van der Waals surface area contributed by atoms with Gasteiger partial charge in [0.1, 0.15) is 0 Å². The normalized spacial score (nSPS) is 10.6. The van der Waals surface area contributed by atoms with Gasteiger partial charge >= 0.3 is 11.7 Å². The summed E-state index contributed by atoms with van der Waals surface area (Å²) in [5.41, 5.74) is 0.744. The van der Waals surface area contributed by atoms with Gasteiger partial charge in [0.05, 0.1) is 24.2 Å². The third-order valence-electron chi connectivity index (χ3n) is 3.41. The van der Waals surface area contributed by atoms with E-state index in [1.807, 2.05) is 30.3 Å². The Balaban J connectivity index is 2.03. The van der Waals surface area contributed by atoms with Crippen LogP contribution in [-0.2, 0) is 16.0 Å². The molecule has 130 valence electrons. The summed E-state index contributed by atoms with van der Waals surface area (Å²) in [4.78, 5) is 22.3. The smallest absolute Gasteiger partial charge is 0.330 e. The van der Waals surface area contributed by atoms with Gasteiger partial charge in [0.25, 0.3) is 0 Å². The molecule has 0 aliphatic rings. The van der Waals surface area contributed by atoms with Gasteiger partial charge < -0.3 is 14.6 Å². The minimum absolute atomic E-state index is 0.125. The van der Waals surface area contributed by atoms with Crippen LogP contribution >= 0.6 is 0 Å². The van der Waals surface area contributed by atoms with E-state index in [4.69, 9.17) is 9.47 Å². The zero-order valence-electron chi connectivity index (χ0n) is 13.5. The molecular weight excluding hydrogens is 326 g/mol. The van der Waals surface area contributed by atoms with Crippen LogP contribution in [0.3, 0.4) is 0 Å². The number of phenols is 1. The highest BCUT2D eigenvalue weighted by atomic mass is 16.6. The summed E-state index contributed by atoms with van der Waals surface area (Å²) in [6.07, 6.45) is 2.93. The number of aromatic hydroxyl groups is 1. The number of nitrogens with zero attached hydrogens (tertiary/aromatic N) is 1. The van der Waals surface area contributed by atoms with Crippen LogP contribution in [0, 0.1) is 10.1 Å². The fourth-order valence-corrected chi connectivity index (χ4v) is 2.22. The first-order valence-corrected chi connectivity index (χ1v) is 7.46. The van der Waals surface area contributed by atoms with Crippen molar-refractivity contribution in [1.29, 1.82) is 0 Å². The van der Waals surface area contributed by atoms with Gasteiger partial charge in [-0.15, -0.1) is 0 Å². The number of methoxy groups -OCH3 is 1. The Morgan fingerprint density at radius 1 is 1.24 bits per heavy atom. The third kappa shape index (κ3) is 4.81. The Labute approximate surface area is 144 Å². The molecule has 0 saturated heterocycles. The maximum Gasteiger partial charge on any atom is 0.330 e. The van der Waals surface area contributed by atoms with Crippen LogP contribution in [0.5, 0.6) is 11.5 Å². The van der Waals surface area contributed by atoms with Crippen molar-refractivity contribution in [3.8, 4) is 11.5 Å². The zero-order chi connectivity index (χ0) is 18.2. The molecule has 7 heteroatoms. The largest absolute Gasteiger partial charge is 0.504 e. The molecular formula is C18H17NO6. The SMILES string of the molecule is COc1c(O)ccc(/C=C/C(=O)OCCc2ccccc2)c1[N+](=O)[O-]. The minimum atomic E-state index is -0.682. The van der Waals surface area contributed by atoms with Crippen LogP contribution in [0.15, 0.2) is 48.5 Å². The summed E-state index contributed by atoms with van der Waals surface area (Å²) < 4.78 is 9.93. The van der Waals surface area contributed by atoms with Crippen LogP contribution in [0.1, 0.15) is 11.1 Å². The first-order chi connectivity index (χ1) is 12.0. The molecule has 0 aliphatic carbocycles. The molecule has 0 aromatic heterocycles. The van der Waals surface area contributed by atoms with Crippen molar-refractivity contribution in [3.63, 3.8) is 0 Å². The molecule has 0 atom stereocenters. The third-order valence-corrected chi connectivity index (χ3v) is 3.41. The lowest BCUT2D eigenvalue weighted by molar-refractivity contribution is -0.386. The quantitative estimate of drug-likeness (QED) is 0.359. The van der Waals surface area contributed by atoms with Gasteiger partial charge in [-0.1, -0.05) is 30.3 Å². The number of hydrogen-bond acceptors (Lipinski definition) is 6. The Kier molecular flexibility index (Phi) is 6.11. The van der Waals surface area contributed by atoms with Gasteiger partial charge in [-0.3, -0.25) is 10.1 Å². The average molecular weight is 343 g/mol. The molecule has 0 spiro atoms. The molecule has 0 saturated carbocycles. The van der Waals surface area contributed by atoms with Crippen molar-refractivity contribution in [2.75, 3.05) is 13.7 Å². The van der Waals surface area contributed by atoms with Crippen molar-refractivity contribution in [1.82, 2.24) is 0 Å². The number of rotatable bonds is 7. The average Bonchev–Trinajstić information content (AvgIpc) is 2.61. The second-order valence-corrected chi connectivity index (χ2v) is 5.05.